The van der Waals surface area contributed by atoms with Crippen molar-refractivity contribution < 1.29 is 18.3 Å². The monoisotopic (exact) mass is 290 g/mol. The highest BCUT2D eigenvalue weighted by Crippen LogP contribution is 2.24. The highest BCUT2D eigenvalue weighted by molar-refractivity contribution is 5.23. The van der Waals surface area contributed by atoms with Gasteiger partial charge < -0.3 is 10.8 Å². The average Bonchev–Trinajstić information content (AvgIpc) is 2.38. The van der Waals surface area contributed by atoms with Crippen molar-refractivity contribution >= 4 is 0 Å². The zero-order valence-corrected chi connectivity index (χ0v) is 11.5. The van der Waals surface area contributed by atoms with Crippen LogP contribution >= 0.6 is 0 Å². The SMILES string of the molecule is CCCN(CC(F)(F)F)CC(O)(CN)c1ccccc1. The summed E-state index contributed by atoms with van der Waals surface area (Å²) in [7, 11) is 0. The number of hydrogen-bond acceptors (Lipinski definition) is 3. The molecule has 0 spiro atoms. The molecule has 0 aliphatic heterocycles. The molecule has 0 aliphatic rings. The Kier molecular flexibility index (Phi) is 5.98. The van der Waals surface area contributed by atoms with Crippen molar-refractivity contribution in [1.29, 1.82) is 0 Å². The molecule has 6 heteroatoms. The number of hydrogen-bond donors (Lipinski definition) is 2. The summed E-state index contributed by atoms with van der Waals surface area (Å²) in [5.74, 6) is 0. The van der Waals surface area contributed by atoms with E-state index < -0.39 is 18.3 Å². The molecule has 114 valence electrons. The quantitative estimate of drug-likeness (QED) is 0.808. The highest BCUT2D eigenvalue weighted by atomic mass is 19.4. The fourth-order valence-electron chi connectivity index (χ4n) is 2.18. The molecule has 0 fully saturated rings. The van der Waals surface area contributed by atoms with Crippen LogP contribution in [0.3, 0.4) is 0 Å². The largest absolute Gasteiger partial charge is 0.401 e. The minimum absolute atomic E-state index is 0.130. The number of nitrogens with two attached hydrogens (primary N) is 1. The van der Waals surface area contributed by atoms with Crippen LogP contribution < -0.4 is 5.73 Å². The summed E-state index contributed by atoms with van der Waals surface area (Å²) in [5, 5.41) is 10.6. The Morgan fingerprint density at radius 3 is 2.20 bits per heavy atom. The number of halogens is 3. The van der Waals surface area contributed by atoms with Crippen molar-refractivity contribution in [1.82, 2.24) is 4.90 Å². The van der Waals surface area contributed by atoms with E-state index in [-0.39, 0.29) is 19.6 Å². The highest BCUT2D eigenvalue weighted by Gasteiger charge is 2.35. The molecule has 0 saturated carbocycles. The second kappa shape index (κ2) is 7.06. The Morgan fingerprint density at radius 2 is 1.75 bits per heavy atom. The van der Waals surface area contributed by atoms with Crippen LogP contribution in [0.2, 0.25) is 0 Å². The standard InChI is InChI=1S/C14H21F3N2O/c1-2-8-19(11-14(15,16)17)10-13(20,9-18)12-6-4-3-5-7-12/h3-7,20H,2,8-11,18H2,1H3. The number of aliphatic hydroxyl groups is 1. The second-order valence-corrected chi connectivity index (χ2v) is 4.93. The van der Waals surface area contributed by atoms with Gasteiger partial charge in [-0.25, -0.2) is 0 Å². The number of benzene rings is 1. The van der Waals surface area contributed by atoms with Gasteiger partial charge >= 0.3 is 6.18 Å². The molecular formula is C14H21F3N2O. The van der Waals surface area contributed by atoms with Crippen LogP contribution in [0.1, 0.15) is 18.9 Å². The molecule has 3 nitrogen and oxygen atoms in total. The molecule has 1 rings (SSSR count). The van der Waals surface area contributed by atoms with Crippen LogP contribution in [0, 0.1) is 0 Å². The van der Waals surface area contributed by atoms with E-state index in [0.717, 1.165) is 0 Å². The average molecular weight is 290 g/mol. The minimum Gasteiger partial charge on any atom is -0.382 e. The lowest BCUT2D eigenvalue weighted by atomic mass is 9.93. The molecule has 20 heavy (non-hydrogen) atoms. The summed E-state index contributed by atoms with van der Waals surface area (Å²) in [6.45, 7) is 0.744. The number of alkyl halides is 3. The summed E-state index contributed by atoms with van der Waals surface area (Å²) < 4.78 is 37.7. The zero-order valence-electron chi connectivity index (χ0n) is 11.5. The predicted molar refractivity (Wildman–Crippen MR) is 72.2 cm³/mol. The number of nitrogens with zero attached hydrogens (tertiary/aromatic N) is 1. The Balaban J connectivity index is 2.88. The van der Waals surface area contributed by atoms with E-state index in [1.807, 2.05) is 0 Å². The first kappa shape index (κ1) is 16.9. The summed E-state index contributed by atoms with van der Waals surface area (Å²) in [6.07, 6.45) is -3.72. The van der Waals surface area contributed by atoms with Crippen LogP contribution in [0.4, 0.5) is 13.2 Å². The molecule has 1 unspecified atom stereocenters. The van der Waals surface area contributed by atoms with E-state index in [2.05, 4.69) is 0 Å². The van der Waals surface area contributed by atoms with Crippen LogP contribution in [0.25, 0.3) is 0 Å². The summed E-state index contributed by atoms with van der Waals surface area (Å²) in [4.78, 5) is 1.19. The van der Waals surface area contributed by atoms with Gasteiger partial charge in [-0.3, -0.25) is 4.90 Å². The van der Waals surface area contributed by atoms with Gasteiger partial charge in [0, 0.05) is 13.1 Å². The summed E-state index contributed by atoms with van der Waals surface area (Å²) >= 11 is 0. The summed E-state index contributed by atoms with van der Waals surface area (Å²) in [6, 6.07) is 8.57. The van der Waals surface area contributed by atoms with Gasteiger partial charge in [-0.1, -0.05) is 37.3 Å². The van der Waals surface area contributed by atoms with E-state index in [1.165, 1.54) is 4.90 Å². The second-order valence-electron chi connectivity index (χ2n) is 4.93. The van der Waals surface area contributed by atoms with E-state index in [4.69, 9.17) is 5.73 Å². The van der Waals surface area contributed by atoms with Crippen LogP contribution in [-0.4, -0.2) is 42.4 Å². The Morgan fingerprint density at radius 1 is 1.15 bits per heavy atom. The predicted octanol–water partition coefficient (Wildman–Crippen LogP) is 2.11. The van der Waals surface area contributed by atoms with Crippen LogP contribution in [-0.2, 0) is 5.60 Å². The molecule has 0 aliphatic carbocycles. The molecule has 1 atom stereocenters. The third-order valence-electron chi connectivity index (χ3n) is 3.08. The zero-order chi connectivity index (χ0) is 15.2. The lowest BCUT2D eigenvalue weighted by Crippen LogP contribution is -2.48. The van der Waals surface area contributed by atoms with Gasteiger partial charge in [0.2, 0.25) is 0 Å². The van der Waals surface area contributed by atoms with Gasteiger partial charge in [0.15, 0.2) is 0 Å². The topological polar surface area (TPSA) is 49.5 Å². The maximum Gasteiger partial charge on any atom is 0.401 e. The molecule has 0 heterocycles. The molecule has 1 aromatic rings. The number of rotatable bonds is 7. The Bertz CT molecular complexity index is 397. The van der Waals surface area contributed by atoms with Crippen molar-refractivity contribution in [2.75, 3.05) is 26.2 Å². The van der Waals surface area contributed by atoms with Gasteiger partial charge in [-0.05, 0) is 18.5 Å². The molecule has 1 aromatic carbocycles. The van der Waals surface area contributed by atoms with Gasteiger partial charge in [-0.15, -0.1) is 0 Å². The first-order valence-electron chi connectivity index (χ1n) is 6.58. The smallest absolute Gasteiger partial charge is 0.382 e. The Labute approximate surface area is 117 Å². The normalized spacial score (nSPS) is 15.3. The van der Waals surface area contributed by atoms with E-state index >= 15 is 0 Å². The third kappa shape index (κ3) is 5.11. The summed E-state index contributed by atoms with van der Waals surface area (Å²) in [5.41, 5.74) is 4.65. The van der Waals surface area contributed by atoms with Crippen LogP contribution in [0.15, 0.2) is 30.3 Å². The Hall–Kier alpha value is -1.11. The molecule has 0 radical (unpaired) electrons. The fourth-order valence-corrected chi connectivity index (χ4v) is 2.18. The van der Waals surface area contributed by atoms with Crippen molar-refractivity contribution in [3.63, 3.8) is 0 Å². The minimum atomic E-state index is -4.29. The molecule has 0 bridgehead atoms. The van der Waals surface area contributed by atoms with Gasteiger partial charge in [0.1, 0.15) is 5.60 Å². The maximum atomic E-state index is 12.6. The van der Waals surface area contributed by atoms with E-state index in [9.17, 15) is 18.3 Å². The first-order chi connectivity index (χ1) is 9.30. The van der Waals surface area contributed by atoms with Crippen molar-refractivity contribution in [3.05, 3.63) is 35.9 Å². The maximum absolute atomic E-state index is 12.6. The first-order valence-corrected chi connectivity index (χ1v) is 6.58. The van der Waals surface area contributed by atoms with Gasteiger partial charge in [-0.2, -0.15) is 13.2 Å². The molecule has 0 aromatic heterocycles. The molecule has 0 saturated heterocycles. The van der Waals surface area contributed by atoms with Crippen molar-refractivity contribution in [3.8, 4) is 0 Å². The van der Waals surface area contributed by atoms with E-state index in [1.54, 1.807) is 37.3 Å². The van der Waals surface area contributed by atoms with E-state index in [0.29, 0.717) is 12.0 Å². The van der Waals surface area contributed by atoms with Crippen LogP contribution in [0.5, 0.6) is 0 Å². The lowest BCUT2D eigenvalue weighted by molar-refractivity contribution is -0.152. The third-order valence-corrected chi connectivity index (χ3v) is 3.08. The molecular weight excluding hydrogens is 269 g/mol. The van der Waals surface area contributed by atoms with Crippen molar-refractivity contribution in [2.24, 2.45) is 5.73 Å². The lowest BCUT2D eigenvalue weighted by Gasteiger charge is -2.34. The van der Waals surface area contributed by atoms with Gasteiger partial charge in [0.05, 0.1) is 6.54 Å². The fraction of sp³-hybridized carbons (Fsp3) is 0.571. The van der Waals surface area contributed by atoms with Crippen molar-refractivity contribution in [2.45, 2.75) is 25.1 Å². The molecule has 3 N–H and O–H groups in total. The van der Waals surface area contributed by atoms with Gasteiger partial charge in [0.25, 0.3) is 0 Å². The molecule has 0 amide bonds.